The minimum absolute atomic E-state index is 0.0930. The summed E-state index contributed by atoms with van der Waals surface area (Å²) in [5, 5.41) is 0.738. The Labute approximate surface area is 104 Å². The highest BCUT2D eigenvalue weighted by molar-refractivity contribution is 9.09. The summed E-state index contributed by atoms with van der Waals surface area (Å²) in [5.41, 5.74) is 0. The standard InChI is InChI=1S/C11H16BrNO3/c1-9-3-4-10(16-9)11(14)13(6-5-12)7-8-15-2/h3-4H,5-8H2,1-2H3. The number of furan rings is 1. The molecule has 4 nitrogen and oxygen atoms in total. The topological polar surface area (TPSA) is 42.7 Å². The van der Waals surface area contributed by atoms with Gasteiger partial charge in [-0.3, -0.25) is 4.79 Å². The van der Waals surface area contributed by atoms with Crippen LogP contribution in [0.25, 0.3) is 0 Å². The number of halogens is 1. The normalized spacial score (nSPS) is 10.4. The van der Waals surface area contributed by atoms with E-state index in [-0.39, 0.29) is 5.91 Å². The molecule has 1 rings (SSSR count). The first-order chi connectivity index (χ1) is 7.69. The Bertz CT molecular complexity index is 338. The summed E-state index contributed by atoms with van der Waals surface area (Å²) in [5.74, 6) is 1.04. The van der Waals surface area contributed by atoms with Crippen LogP contribution in [-0.2, 0) is 4.74 Å². The number of nitrogens with zero attached hydrogens (tertiary/aromatic N) is 1. The summed E-state index contributed by atoms with van der Waals surface area (Å²) in [6, 6.07) is 3.49. The molecule has 0 aliphatic carbocycles. The van der Waals surface area contributed by atoms with Crippen LogP contribution in [0.2, 0.25) is 0 Å². The van der Waals surface area contributed by atoms with Crippen LogP contribution in [0.1, 0.15) is 16.3 Å². The molecule has 1 amide bonds. The Balaban J connectivity index is 2.66. The van der Waals surface area contributed by atoms with E-state index in [0.29, 0.717) is 25.5 Å². The van der Waals surface area contributed by atoms with Gasteiger partial charge in [0.15, 0.2) is 5.76 Å². The molecule has 0 unspecified atom stereocenters. The van der Waals surface area contributed by atoms with Crippen molar-refractivity contribution < 1.29 is 13.9 Å². The number of alkyl halides is 1. The first kappa shape index (κ1) is 13.3. The molecule has 90 valence electrons. The molecule has 0 fully saturated rings. The highest BCUT2D eigenvalue weighted by Gasteiger charge is 2.17. The van der Waals surface area contributed by atoms with Gasteiger partial charge in [-0.1, -0.05) is 15.9 Å². The van der Waals surface area contributed by atoms with Crippen molar-refractivity contribution in [2.75, 3.05) is 32.1 Å². The van der Waals surface area contributed by atoms with E-state index in [9.17, 15) is 4.79 Å². The first-order valence-corrected chi connectivity index (χ1v) is 6.21. The number of amides is 1. The second-order valence-electron chi connectivity index (χ2n) is 3.38. The zero-order chi connectivity index (χ0) is 12.0. The van der Waals surface area contributed by atoms with Gasteiger partial charge in [-0.2, -0.15) is 0 Å². The van der Waals surface area contributed by atoms with Crippen molar-refractivity contribution in [3.05, 3.63) is 23.7 Å². The van der Waals surface area contributed by atoms with E-state index in [1.54, 1.807) is 24.1 Å². The molecular weight excluding hydrogens is 274 g/mol. The van der Waals surface area contributed by atoms with Gasteiger partial charge in [-0.25, -0.2) is 0 Å². The number of aryl methyl sites for hydroxylation is 1. The molecule has 0 N–H and O–H groups in total. The third kappa shape index (κ3) is 3.64. The van der Waals surface area contributed by atoms with E-state index in [1.165, 1.54) is 0 Å². The lowest BCUT2D eigenvalue weighted by atomic mass is 10.3. The fraction of sp³-hybridized carbons (Fsp3) is 0.545. The average Bonchev–Trinajstić information content (AvgIpc) is 2.70. The summed E-state index contributed by atoms with van der Waals surface area (Å²) >= 11 is 3.32. The molecule has 0 aromatic carbocycles. The molecule has 0 saturated carbocycles. The number of hydrogen-bond acceptors (Lipinski definition) is 3. The van der Waals surface area contributed by atoms with Crippen molar-refractivity contribution >= 4 is 21.8 Å². The quantitative estimate of drug-likeness (QED) is 0.753. The van der Waals surface area contributed by atoms with Gasteiger partial charge in [-0.05, 0) is 19.1 Å². The first-order valence-electron chi connectivity index (χ1n) is 5.09. The SMILES string of the molecule is COCCN(CCBr)C(=O)c1ccc(C)o1. The summed E-state index contributed by atoms with van der Waals surface area (Å²) in [6.07, 6.45) is 0. The molecule has 0 atom stereocenters. The molecule has 0 aliphatic rings. The predicted molar refractivity (Wildman–Crippen MR) is 65.0 cm³/mol. The van der Waals surface area contributed by atoms with E-state index >= 15 is 0 Å². The van der Waals surface area contributed by atoms with Crippen LogP contribution in [0.15, 0.2) is 16.5 Å². The minimum atomic E-state index is -0.0930. The summed E-state index contributed by atoms with van der Waals surface area (Å²) < 4.78 is 10.3. The Morgan fingerprint density at radius 3 is 2.75 bits per heavy atom. The zero-order valence-electron chi connectivity index (χ0n) is 9.53. The van der Waals surface area contributed by atoms with E-state index in [1.807, 2.05) is 6.92 Å². The van der Waals surface area contributed by atoms with Crippen molar-refractivity contribution in [1.29, 1.82) is 0 Å². The van der Waals surface area contributed by atoms with Gasteiger partial charge in [0.2, 0.25) is 0 Å². The van der Waals surface area contributed by atoms with Gasteiger partial charge in [0.25, 0.3) is 5.91 Å². The van der Waals surface area contributed by atoms with Crippen molar-refractivity contribution in [2.45, 2.75) is 6.92 Å². The predicted octanol–water partition coefficient (Wildman–Crippen LogP) is 2.07. The fourth-order valence-electron chi connectivity index (χ4n) is 1.32. The van der Waals surface area contributed by atoms with Crippen LogP contribution < -0.4 is 0 Å². The molecule has 1 aromatic heterocycles. The molecule has 5 heteroatoms. The Morgan fingerprint density at radius 2 is 2.25 bits per heavy atom. The lowest BCUT2D eigenvalue weighted by molar-refractivity contribution is 0.0676. The molecular formula is C11H16BrNO3. The third-order valence-electron chi connectivity index (χ3n) is 2.16. The maximum absolute atomic E-state index is 12.0. The lowest BCUT2D eigenvalue weighted by Gasteiger charge is -2.19. The number of hydrogen-bond donors (Lipinski definition) is 0. The van der Waals surface area contributed by atoms with Gasteiger partial charge in [0, 0.05) is 25.5 Å². The molecule has 0 spiro atoms. The highest BCUT2D eigenvalue weighted by Crippen LogP contribution is 2.10. The second kappa shape index (κ2) is 6.70. The highest BCUT2D eigenvalue weighted by atomic mass is 79.9. The van der Waals surface area contributed by atoms with E-state index < -0.39 is 0 Å². The van der Waals surface area contributed by atoms with Crippen molar-refractivity contribution in [1.82, 2.24) is 4.90 Å². The van der Waals surface area contributed by atoms with Gasteiger partial charge < -0.3 is 14.1 Å². The van der Waals surface area contributed by atoms with Gasteiger partial charge in [-0.15, -0.1) is 0 Å². The monoisotopic (exact) mass is 289 g/mol. The van der Waals surface area contributed by atoms with Crippen LogP contribution in [0.4, 0.5) is 0 Å². The smallest absolute Gasteiger partial charge is 0.289 e. The lowest BCUT2D eigenvalue weighted by Crippen LogP contribution is -2.35. The van der Waals surface area contributed by atoms with Crippen LogP contribution >= 0.6 is 15.9 Å². The van der Waals surface area contributed by atoms with Crippen molar-refractivity contribution in [2.24, 2.45) is 0 Å². The van der Waals surface area contributed by atoms with Gasteiger partial charge in [0.1, 0.15) is 5.76 Å². The van der Waals surface area contributed by atoms with Crippen molar-refractivity contribution in [3.63, 3.8) is 0 Å². The molecule has 0 bridgehead atoms. The zero-order valence-corrected chi connectivity index (χ0v) is 11.1. The molecule has 1 heterocycles. The van der Waals surface area contributed by atoms with Crippen LogP contribution in [0, 0.1) is 6.92 Å². The average molecular weight is 290 g/mol. The second-order valence-corrected chi connectivity index (χ2v) is 4.18. The number of carbonyl (C=O) groups excluding carboxylic acids is 1. The Hall–Kier alpha value is -0.810. The number of carbonyl (C=O) groups is 1. The molecule has 0 saturated heterocycles. The number of methoxy groups -OCH3 is 1. The van der Waals surface area contributed by atoms with Gasteiger partial charge in [0.05, 0.1) is 6.61 Å². The van der Waals surface area contributed by atoms with Crippen LogP contribution in [0.5, 0.6) is 0 Å². The van der Waals surface area contributed by atoms with E-state index in [2.05, 4.69) is 15.9 Å². The number of rotatable bonds is 6. The summed E-state index contributed by atoms with van der Waals surface area (Å²) in [4.78, 5) is 13.7. The molecule has 1 aromatic rings. The maximum atomic E-state index is 12.0. The third-order valence-corrected chi connectivity index (χ3v) is 2.51. The fourth-order valence-corrected chi connectivity index (χ4v) is 1.75. The number of ether oxygens (including phenoxy) is 1. The van der Waals surface area contributed by atoms with Crippen molar-refractivity contribution in [3.8, 4) is 0 Å². The Morgan fingerprint density at radius 1 is 1.50 bits per heavy atom. The van der Waals surface area contributed by atoms with Crippen LogP contribution in [-0.4, -0.2) is 42.9 Å². The molecule has 0 aliphatic heterocycles. The van der Waals surface area contributed by atoms with E-state index in [4.69, 9.17) is 9.15 Å². The summed E-state index contributed by atoms with van der Waals surface area (Å²) in [6.45, 7) is 3.56. The minimum Gasteiger partial charge on any atom is -0.456 e. The largest absolute Gasteiger partial charge is 0.456 e. The molecule has 16 heavy (non-hydrogen) atoms. The van der Waals surface area contributed by atoms with Gasteiger partial charge >= 0.3 is 0 Å². The Kier molecular flexibility index (Phi) is 5.55. The van der Waals surface area contributed by atoms with Crippen LogP contribution in [0.3, 0.4) is 0 Å². The maximum Gasteiger partial charge on any atom is 0.289 e. The molecule has 0 radical (unpaired) electrons. The summed E-state index contributed by atoms with van der Waals surface area (Å²) in [7, 11) is 1.62. The van der Waals surface area contributed by atoms with E-state index in [0.717, 1.165) is 11.1 Å².